The summed E-state index contributed by atoms with van der Waals surface area (Å²) in [4.78, 5) is 29.3. The van der Waals surface area contributed by atoms with Gasteiger partial charge in [-0.1, -0.05) is 30.3 Å². The lowest BCUT2D eigenvalue weighted by Crippen LogP contribution is -2.35. The summed E-state index contributed by atoms with van der Waals surface area (Å²) in [6, 6.07) is 18.8. The molecule has 1 aliphatic heterocycles. The van der Waals surface area contributed by atoms with Crippen LogP contribution in [0.1, 0.15) is 49.0 Å². The fourth-order valence-corrected chi connectivity index (χ4v) is 4.69. The third-order valence-electron chi connectivity index (χ3n) is 5.36. The third-order valence-corrected chi connectivity index (χ3v) is 6.60. The molecule has 6 heteroatoms. The first-order chi connectivity index (χ1) is 14.5. The fourth-order valence-electron chi connectivity index (χ4n) is 3.63. The van der Waals surface area contributed by atoms with E-state index in [2.05, 4.69) is 5.32 Å². The van der Waals surface area contributed by atoms with E-state index >= 15 is 0 Å². The van der Waals surface area contributed by atoms with Gasteiger partial charge < -0.3 is 15.0 Å². The Balaban J connectivity index is 1.43. The molecule has 0 spiro atoms. The number of hydrogen-bond acceptors (Lipinski definition) is 4. The molecule has 2 aromatic carbocycles. The number of thiophene rings is 1. The number of methoxy groups -OCH3 is 1. The Morgan fingerprint density at radius 2 is 1.83 bits per heavy atom. The number of rotatable bonds is 5. The number of hydrogen-bond donors (Lipinski definition) is 1. The molecule has 2 amide bonds. The third kappa shape index (κ3) is 4.24. The predicted molar refractivity (Wildman–Crippen MR) is 118 cm³/mol. The summed E-state index contributed by atoms with van der Waals surface area (Å²) in [7, 11) is 1.63. The second kappa shape index (κ2) is 8.71. The Bertz CT molecular complexity index is 1040. The van der Waals surface area contributed by atoms with E-state index in [1.165, 1.54) is 16.2 Å². The molecule has 30 heavy (non-hydrogen) atoms. The number of fused-ring (bicyclic) bond motifs is 1. The highest BCUT2D eigenvalue weighted by atomic mass is 32.1. The Morgan fingerprint density at radius 3 is 2.53 bits per heavy atom. The van der Waals surface area contributed by atoms with Gasteiger partial charge in [0.25, 0.3) is 11.8 Å². The average Bonchev–Trinajstić information content (AvgIpc) is 3.23. The molecule has 0 unspecified atom stereocenters. The van der Waals surface area contributed by atoms with Gasteiger partial charge in [0.2, 0.25) is 0 Å². The molecule has 1 aromatic heterocycles. The van der Waals surface area contributed by atoms with E-state index in [1.807, 2.05) is 72.5 Å². The van der Waals surface area contributed by atoms with Gasteiger partial charge in [0, 0.05) is 23.5 Å². The normalized spacial score (nSPS) is 14.0. The van der Waals surface area contributed by atoms with Gasteiger partial charge in [-0.2, -0.15) is 0 Å². The van der Waals surface area contributed by atoms with Gasteiger partial charge in [0.1, 0.15) is 5.75 Å². The molecule has 0 saturated carbocycles. The number of amides is 2. The zero-order chi connectivity index (χ0) is 21.1. The molecule has 0 radical (unpaired) electrons. The zero-order valence-electron chi connectivity index (χ0n) is 17.1. The van der Waals surface area contributed by atoms with Gasteiger partial charge in [-0.05, 0) is 54.8 Å². The standard InChI is InChI=1S/C24H24N2O3S/c1-16(17-8-10-20(29-2)11-9-17)25-23(27)22-14-19-15-26(13-12-21(19)30-22)24(28)18-6-4-3-5-7-18/h3-11,14,16H,12-13,15H2,1-2H3,(H,25,27)/t16-/m0/s1. The van der Waals surface area contributed by atoms with Crippen molar-refractivity contribution in [3.05, 3.63) is 87.1 Å². The quantitative estimate of drug-likeness (QED) is 0.664. The van der Waals surface area contributed by atoms with Gasteiger partial charge in [0.15, 0.2) is 0 Å². The summed E-state index contributed by atoms with van der Waals surface area (Å²) >= 11 is 1.53. The minimum Gasteiger partial charge on any atom is -0.497 e. The molecule has 1 N–H and O–H groups in total. The lowest BCUT2D eigenvalue weighted by atomic mass is 10.1. The highest BCUT2D eigenvalue weighted by molar-refractivity contribution is 7.14. The number of benzene rings is 2. The van der Waals surface area contributed by atoms with E-state index in [0.29, 0.717) is 23.5 Å². The maximum absolute atomic E-state index is 12.8. The van der Waals surface area contributed by atoms with E-state index in [0.717, 1.165) is 23.3 Å². The van der Waals surface area contributed by atoms with Crippen molar-refractivity contribution < 1.29 is 14.3 Å². The van der Waals surface area contributed by atoms with Crippen molar-refractivity contribution in [3.63, 3.8) is 0 Å². The fraction of sp³-hybridized carbons (Fsp3) is 0.250. The summed E-state index contributed by atoms with van der Waals surface area (Å²) in [6.07, 6.45) is 0.778. The lowest BCUT2D eigenvalue weighted by molar-refractivity contribution is 0.0736. The van der Waals surface area contributed by atoms with Gasteiger partial charge >= 0.3 is 0 Å². The second-order valence-electron chi connectivity index (χ2n) is 7.37. The van der Waals surface area contributed by atoms with Crippen molar-refractivity contribution in [3.8, 4) is 5.75 Å². The minimum atomic E-state index is -0.112. The number of ether oxygens (including phenoxy) is 1. The second-order valence-corrected chi connectivity index (χ2v) is 8.51. The number of carbonyl (C=O) groups is 2. The van der Waals surface area contributed by atoms with Gasteiger partial charge in [-0.25, -0.2) is 0 Å². The maximum Gasteiger partial charge on any atom is 0.261 e. The SMILES string of the molecule is COc1ccc([C@H](C)NC(=O)c2cc3c(s2)CCN(C(=O)c2ccccc2)C3)cc1. The van der Waals surface area contributed by atoms with Crippen LogP contribution in [0.5, 0.6) is 5.75 Å². The van der Waals surface area contributed by atoms with Crippen LogP contribution in [0.4, 0.5) is 0 Å². The summed E-state index contributed by atoms with van der Waals surface area (Å²) in [5.74, 6) is 0.739. The first-order valence-electron chi connectivity index (χ1n) is 9.96. The number of nitrogens with one attached hydrogen (secondary N) is 1. The number of nitrogens with zero attached hydrogens (tertiary/aromatic N) is 1. The topological polar surface area (TPSA) is 58.6 Å². The smallest absolute Gasteiger partial charge is 0.261 e. The van der Waals surface area contributed by atoms with Crippen molar-refractivity contribution >= 4 is 23.2 Å². The Labute approximate surface area is 180 Å². The Morgan fingerprint density at radius 1 is 1.10 bits per heavy atom. The predicted octanol–water partition coefficient (Wildman–Crippen LogP) is 4.45. The van der Waals surface area contributed by atoms with Crippen molar-refractivity contribution in [2.24, 2.45) is 0 Å². The molecule has 4 rings (SSSR count). The molecule has 1 atom stereocenters. The van der Waals surface area contributed by atoms with E-state index in [9.17, 15) is 9.59 Å². The molecular weight excluding hydrogens is 396 g/mol. The first-order valence-corrected chi connectivity index (χ1v) is 10.8. The van der Waals surface area contributed by atoms with Crippen LogP contribution in [-0.4, -0.2) is 30.4 Å². The van der Waals surface area contributed by atoms with Crippen LogP contribution < -0.4 is 10.1 Å². The van der Waals surface area contributed by atoms with E-state index in [1.54, 1.807) is 7.11 Å². The molecule has 0 saturated heterocycles. The molecular formula is C24H24N2O3S. The van der Waals surface area contributed by atoms with Crippen LogP contribution in [0.2, 0.25) is 0 Å². The largest absolute Gasteiger partial charge is 0.497 e. The molecule has 0 bridgehead atoms. The van der Waals surface area contributed by atoms with Crippen LogP contribution in [0.15, 0.2) is 60.7 Å². The van der Waals surface area contributed by atoms with E-state index in [-0.39, 0.29) is 17.9 Å². The molecule has 0 fully saturated rings. The van der Waals surface area contributed by atoms with Crippen molar-refractivity contribution in [1.29, 1.82) is 0 Å². The molecule has 3 aromatic rings. The number of carbonyl (C=O) groups excluding carboxylic acids is 2. The monoisotopic (exact) mass is 420 g/mol. The summed E-state index contributed by atoms with van der Waals surface area (Å²) < 4.78 is 5.19. The highest BCUT2D eigenvalue weighted by Crippen LogP contribution is 2.29. The van der Waals surface area contributed by atoms with Gasteiger partial charge in [-0.15, -0.1) is 11.3 Å². The van der Waals surface area contributed by atoms with Gasteiger partial charge in [0.05, 0.1) is 18.0 Å². The van der Waals surface area contributed by atoms with Crippen molar-refractivity contribution in [2.75, 3.05) is 13.7 Å². The lowest BCUT2D eigenvalue weighted by Gasteiger charge is -2.27. The van der Waals surface area contributed by atoms with Crippen molar-refractivity contribution in [1.82, 2.24) is 10.2 Å². The summed E-state index contributed by atoms with van der Waals surface area (Å²) in [5, 5.41) is 3.07. The van der Waals surface area contributed by atoms with Crippen molar-refractivity contribution in [2.45, 2.75) is 25.9 Å². The van der Waals surface area contributed by atoms with Crippen LogP contribution in [-0.2, 0) is 13.0 Å². The van der Waals surface area contributed by atoms with E-state index in [4.69, 9.17) is 4.74 Å². The minimum absolute atomic E-state index is 0.0339. The first kappa shape index (κ1) is 20.2. The summed E-state index contributed by atoms with van der Waals surface area (Å²) in [5.41, 5.74) is 2.78. The van der Waals surface area contributed by atoms with Crippen LogP contribution >= 0.6 is 11.3 Å². The van der Waals surface area contributed by atoms with Crippen LogP contribution in [0.25, 0.3) is 0 Å². The molecule has 5 nitrogen and oxygen atoms in total. The van der Waals surface area contributed by atoms with Crippen LogP contribution in [0, 0.1) is 0 Å². The zero-order valence-corrected chi connectivity index (χ0v) is 17.9. The Kier molecular flexibility index (Phi) is 5.86. The summed E-state index contributed by atoms with van der Waals surface area (Å²) in [6.45, 7) is 3.18. The highest BCUT2D eigenvalue weighted by Gasteiger charge is 2.25. The maximum atomic E-state index is 12.8. The molecule has 2 heterocycles. The van der Waals surface area contributed by atoms with Crippen LogP contribution in [0.3, 0.4) is 0 Å². The molecule has 0 aliphatic carbocycles. The van der Waals surface area contributed by atoms with E-state index < -0.39 is 0 Å². The molecule has 154 valence electrons. The molecule has 1 aliphatic rings. The average molecular weight is 421 g/mol. The van der Waals surface area contributed by atoms with Gasteiger partial charge in [-0.3, -0.25) is 9.59 Å². The Hall–Kier alpha value is -3.12.